The van der Waals surface area contributed by atoms with Gasteiger partial charge in [0.2, 0.25) is 0 Å². The van der Waals surface area contributed by atoms with Gasteiger partial charge < -0.3 is 14.3 Å². The Bertz CT molecular complexity index is 616. The average molecular weight is 326 g/mol. The van der Waals surface area contributed by atoms with E-state index in [-0.39, 0.29) is 12.7 Å². The third-order valence-electron chi connectivity index (χ3n) is 3.13. The van der Waals surface area contributed by atoms with Gasteiger partial charge in [0.1, 0.15) is 23.5 Å². The van der Waals surface area contributed by atoms with E-state index in [9.17, 15) is 4.79 Å². The van der Waals surface area contributed by atoms with Crippen molar-refractivity contribution in [2.75, 3.05) is 13.2 Å². The Labute approximate surface area is 117 Å². The van der Waals surface area contributed by atoms with Crippen LogP contribution in [0.2, 0.25) is 0 Å². The minimum Gasteiger partial charge on any atom is -0.480 e. The molecule has 0 saturated carbocycles. The maximum absolute atomic E-state index is 10.8. The van der Waals surface area contributed by atoms with Gasteiger partial charge in [0.25, 0.3) is 0 Å². The zero-order valence-corrected chi connectivity index (χ0v) is 11.5. The Morgan fingerprint density at radius 1 is 1.42 bits per heavy atom. The fourth-order valence-electron chi connectivity index (χ4n) is 2.11. The lowest BCUT2D eigenvalue weighted by atomic mass is 10.2. The molecule has 1 fully saturated rings. The van der Waals surface area contributed by atoms with Gasteiger partial charge in [-0.2, -0.15) is 0 Å². The van der Waals surface area contributed by atoms with Crippen molar-refractivity contribution in [3.63, 3.8) is 0 Å². The highest BCUT2D eigenvalue weighted by atomic mass is 79.9. The van der Waals surface area contributed by atoms with Crippen molar-refractivity contribution >= 4 is 32.9 Å². The molecule has 2 unspecified atom stereocenters. The summed E-state index contributed by atoms with van der Waals surface area (Å²) in [6.45, 7) is 0.568. The van der Waals surface area contributed by atoms with E-state index in [1.165, 1.54) is 0 Å². The van der Waals surface area contributed by atoms with E-state index in [1.54, 1.807) is 0 Å². The van der Waals surface area contributed by atoms with Crippen LogP contribution in [0.3, 0.4) is 0 Å². The summed E-state index contributed by atoms with van der Waals surface area (Å²) >= 11 is 3.41. The molecule has 2 aromatic rings. The third kappa shape index (κ3) is 2.51. The molecule has 1 aromatic carbocycles. The minimum atomic E-state index is -0.896. The topological polar surface area (TPSA) is 71.7 Å². The summed E-state index contributed by atoms with van der Waals surface area (Å²) in [5.74, 6) is -0.184. The Morgan fingerprint density at radius 2 is 2.26 bits per heavy atom. The van der Waals surface area contributed by atoms with Crippen LogP contribution in [-0.2, 0) is 9.53 Å². The average Bonchev–Trinajstić information content (AvgIpc) is 2.81. The fraction of sp³-hybridized carbons (Fsp3) is 0.308. The molecule has 0 bridgehead atoms. The first-order valence-corrected chi connectivity index (χ1v) is 6.69. The van der Waals surface area contributed by atoms with Crippen LogP contribution in [0, 0.1) is 0 Å². The third-order valence-corrected chi connectivity index (χ3v) is 3.62. The monoisotopic (exact) mass is 325 g/mol. The summed E-state index contributed by atoms with van der Waals surface area (Å²) in [5, 5.41) is 12.8. The maximum Gasteiger partial charge on any atom is 0.323 e. The Morgan fingerprint density at radius 3 is 2.95 bits per heavy atom. The quantitative estimate of drug-likeness (QED) is 0.886. The van der Waals surface area contributed by atoms with Crippen molar-refractivity contribution in [2.24, 2.45) is 0 Å². The van der Waals surface area contributed by atoms with E-state index in [4.69, 9.17) is 14.3 Å². The van der Waals surface area contributed by atoms with E-state index in [2.05, 4.69) is 21.2 Å². The molecule has 0 radical (unpaired) electrons. The molecular formula is C13H12BrNO4. The number of halogens is 1. The van der Waals surface area contributed by atoms with Crippen LogP contribution in [0.1, 0.15) is 11.9 Å². The molecular weight excluding hydrogens is 314 g/mol. The summed E-state index contributed by atoms with van der Waals surface area (Å²) in [5.41, 5.74) is 0.794. The van der Waals surface area contributed by atoms with Crippen LogP contribution in [0.4, 0.5) is 0 Å². The molecule has 5 nitrogen and oxygen atoms in total. The number of rotatable bonds is 2. The zero-order valence-electron chi connectivity index (χ0n) is 9.93. The molecule has 2 heterocycles. The predicted molar refractivity (Wildman–Crippen MR) is 72.0 cm³/mol. The number of fused-ring (bicyclic) bond motifs is 1. The van der Waals surface area contributed by atoms with Gasteiger partial charge in [-0.25, -0.2) is 0 Å². The van der Waals surface area contributed by atoms with E-state index < -0.39 is 12.0 Å². The number of aliphatic carboxylic acids is 1. The standard InChI is InChI=1S/C13H12BrNO4/c14-8-1-2-10-7(3-8)4-11(19-10)12-5-15-9(6-18-12)13(16)17/h1-4,9,12,15H,5-6H2,(H,16,17). The molecule has 1 aliphatic heterocycles. The second-order valence-corrected chi connectivity index (χ2v) is 5.37. The normalized spacial score (nSPS) is 23.6. The number of hydrogen-bond donors (Lipinski definition) is 2. The fourth-order valence-corrected chi connectivity index (χ4v) is 2.49. The molecule has 0 amide bonds. The lowest BCUT2D eigenvalue weighted by Gasteiger charge is -2.26. The Kier molecular flexibility index (Phi) is 3.30. The van der Waals surface area contributed by atoms with Crippen molar-refractivity contribution < 1.29 is 19.1 Å². The number of carboxylic acids is 1. The van der Waals surface area contributed by atoms with Crippen LogP contribution in [0.5, 0.6) is 0 Å². The lowest BCUT2D eigenvalue weighted by molar-refractivity contribution is -0.144. The number of benzene rings is 1. The summed E-state index contributed by atoms with van der Waals surface area (Å²) in [6, 6.07) is 7.05. The number of ether oxygens (including phenoxy) is 1. The van der Waals surface area contributed by atoms with E-state index in [0.29, 0.717) is 12.3 Å². The Hall–Kier alpha value is -1.37. The van der Waals surface area contributed by atoms with Crippen molar-refractivity contribution in [1.29, 1.82) is 0 Å². The van der Waals surface area contributed by atoms with Crippen molar-refractivity contribution in [1.82, 2.24) is 5.32 Å². The Balaban J connectivity index is 1.80. The van der Waals surface area contributed by atoms with Gasteiger partial charge in [-0.1, -0.05) is 15.9 Å². The molecule has 0 aliphatic carbocycles. The second-order valence-electron chi connectivity index (χ2n) is 4.45. The minimum absolute atomic E-state index is 0.140. The first kappa shape index (κ1) is 12.7. The van der Waals surface area contributed by atoms with Crippen LogP contribution in [-0.4, -0.2) is 30.3 Å². The number of morpholine rings is 1. The molecule has 2 N–H and O–H groups in total. The summed E-state index contributed by atoms with van der Waals surface area (Å²) in [6.07, 6.45) is -0.248. The molecule has 19 heavy (non-hydrogen) atoms. The summed E-state index contributed by atoms with van der Waals surface area (Å²) in [4.78, 5) is 10.8. The van der Waals surface area contributed by atoms with Gasteiger partial charge in [0, 0.05) is 16.4 Å². The van der Waals surface area contributed by atoms with E-state index in [1.807, 2.05) is 24.3 Å². The molecule has 6 heteroatoms. The van der Waals surface area contributed by atoms with Gasteiger partial charge in [0.15, 0.2) is 0 Å². The summed E-state index contributed by atoms with van der Waals surface area (Å²) < 4.78 is 12.3. The van der Waals surface area contributed by atoms with Gasteiger partial charge in [-0.15, -0.1) is 0 Å². The van der Waals surface area contributed by atoms with Gasteiger partial charge in [-0.3, -0.25) is 10.1 Å². The smallest absolute Gasteiger partial charge is 0.323 e. The molecule has 1 aromatic heterocycles. The highest BCUT2D eigenvalue weighted by molar-refractivity contribution is 9.10. The van der Waals surface area contributed by atoms with Crippen LogP contribution in [0.25, 0.3) is 11.0 Å². The van der Waals surface area contributed by atoms with Gasteiger partial charge in [0.05, 0.1) is 6.61 Å². The van der Waals surface area contributed by atoms with Crippen LogP contribution < -0.4 is 5.32 Å². The highest BCUT2D eigenvalue weighted by Crippen LogP contribution is 2.29. The molecule has 0 spiro atoms. The van der Waals surface area contributed by atoms with Crippen LogP contribution >= 0.6 is 15.9 Å². The SMILES string of the molecule is O=C(O)C1COC(c2cc3cc(Br)ccc3o2)CN1. The zero-order chi connectivity index (χ0) is 13.4. The predicted octanol–water partition coefficient (Wildman–Crippen LogP) is 2.31. The van der Waals surface area contributed by atoms with E-state index >= 15 is 0 Å². The number of carboxylic acid groups (broad SMARTS) is 1. The molecule has 100 valence electrons. The number of furan rings is 1. The number of carbonyl (C=O) groups is 1. The molecule has 2 atom stereocenters. The largest absolute Gasteiger partial charge is 0.480 e. The summed E-state index contributed by atoms with van der Waals surface area (Å²) in [7, 11) is 0. The second kappa shape index (κ2) is 4.96. The van der Waals surface area contributed by atoms with E-state index in [0.717, 1.165) is 15.4 Å². The highest BCUT2D eigenvalue weighted by Gasteiger charge is 2.28. The molecule has 3 rings (SSSR count). The number of hydrogen-bond acceptors (Lipinski definition) is 4. The van der Waals surface area contributed by atoms with Crippen molar-refractivity contribution in [2.45, 2.75) is 12.1 Å². The van der Waals surface area contributed by atoms with Crippen LogP contribution in [0.15, 0.2) is 33.2 Å². The number of nitrogens with one attached hydrogen (secondary N) is 1. The van der Waals surface area contributed by atoms with Crippen molar-refractivity contribution in [3.8, 4) is 0 Å². The maximum atomic E-state index is 10.8. The first-order chi connectivity index (χ1) is 9.13. The van der Waals surface area contributed by atoms with Crippen molar-refractivity contribution in [3.05, 3.63) is 34.5 Å². The van der Waals surface area contributed by atoms with Gasteiger partial charge >= 0.3 is 5.97 Å². The molecule has 1 aliphatic rings. The first-order valence-electron chi connectivity index (χ1n) is 5.90. The lowest BCUT2D eigenvalue weighted by Crippen LogP contribution is -2.47. The van der Waals surface area contributed by atoms with Gasteiger partial charge in [-0.05, 0) is 24.3 Å². The molecule has 1 saturated heterocycles.